The van der Waals surface area contributed by atoms with Crippen molar-refractivity contribution in [3.05, 3.63) is 65.7 Å². The number of amides is 1. The van der Waals surface area contributed by atoms with Gasteiger partial charge in [-0.05, 0) is 44.0 Å². The first-order valence-corrected chi connectivity index (χ1v) is 8.86. The molecule has 2 N–H and O–H groups in total. The first-order chi connectivity index (χ1) is 13.5. The topological polar surface area (TPSA) is 84.9 Å². The molecular formula is C21H23F2NO5. The molecule has 1 unspecified atom stereocenters. The molecule has 2 aromatic carbocycles. The maximum atomic E-state index is 14.3. The van der Waals surface area contributed by atoms with Gasteiger partial charge in [0.25, 0.3) is 0 Å². The van der Waals surface area contributed by atoms with Crippen molar-refractivity contribution >= 4 is 12.1 Å². The minimum Gasteiger partial charge on any atom is -0.489 e. The summed E-state index contributed by atoms with van der Waals surface area (Å²) in [6.07, 6.45) is -1.15. The van der Waals surface area contributed by atoms with Crippen LogP contribution < -0.4 is 10.1 Å². The first-order valence-electron chi connectivity index (χ1n) is 8.86. The van der Waals surface area contributed by atoms with Gasteiger partial charge in [-0.1, -0.05) is 42.5 Å². The molecule has 8 heteroatoms. The van der Waals surface area contributed by atoms with E-state index in [1.165, 1.54) is 24.3 Å². The third-order valence-electron chi connectivity index (χ3n) is 3.77. The SMILES string of the molecule is CC(C)(C)OC(=O)NC(c1ccc(OCc2ccccc2)cc1)C(F)(F)C(=O)O. The second kappa shape index (κ2) is 8.89. The van der Waals surface area contributed by atoms with Crippen LogP contribution in [0, 0.1) is 0 Å². The number of hydrogen-bond donors (Lipinski definition) is 2. The van der Waals surface area contributed by atoms with E-state index in [2.05, 4.69) is 0 Å². The van der Waals surface area contributed by atoms with Crippen molar-refractivity contribution in [3.8, 4) is 5.75 Å². The fourth-order valence-corrected chi connectivity index (χ4v) is 2.43. The number of alkyl halides is 2. The third kappa shape index (κ3) is 6.44. The van der Waals surface area contributed by atoms with Gasteiger partial charge in [0.05, 0.1) is 0 Å². The highest BCUT2D eigenvalue weighted by atomic mass is 19.3. The molecular weight excluding hydrogens is 384 g/mol. The Morgan fingerprint density at radius 2 is 1.62 bits per heavy atom. The van der Waals surface area contributed by atoms with Crippen LogP contribution in [0.2, 0.25) is 0 Å². The lowest BCUT2D eigenvalue weighted by atomic mass is 10.0. The highest BCUT2D eigenvalue weighted by Gasteiger charge is 2.49. The van der Waals surface area contributed by atoms with Crippen LogP contribution in [0.15, 0.2) is 54.6 Å². The number of hydrogen-bond acceptors (Lipinski definition) is 4. The molecule has 0 saturated heterocycles. The molecule has 156 valence electrons. The fraction of sp³-hybridized carbons (Fsp3) is 0.333. The van der Waals surface area contributed by atoms with E-state index in [0.717, 1.165) is 5.56 Å². The number of carbonyl (C=O) groups is 2. The summed E-state index contributed by atoms with van der Waals surface area (Å²) in [5.74, 6) is -6.20. The van der Waals surface area contributed by atoms with Gasteiger partial charge in [-0.3, -0.25) is 0 Å². The van der Waals surface area contributed by atoms with Gasteiger partial charge in [0.1, 0.15) is 24.0 Å². The van der Waals surface area contributed by atoms with Crippen molar-refractivity contribution in [2.75, 3.05) is 0 Å². The smallest absolute Gasteiger partial charge is 0.408 e. The van der Waals surface area contributed by atoms with Gasteiger partial charge in [0.2, 0.25) is 0 Å². The van der Waals surface area contributed by atoms with Crippen molar-refractivity contribution in [3.63, 3.8) is 0 Å². The average Bonchev–Trinajstić information content (AvgIpc) is 2.64. The molecule has 0 heterocycles. The minimum atomic E-state index is -4.25. The summed E-state index contributed by atoms with van der Waals surface area (Å²) in [7, 11) is 0. The minimum absolute atomic E-state index is 0.102. The molecule has 0 fully saturated rings. The Balaban J connectivity index is 2.17. The lowest BCUT2D eigenvalue weighted by Crippen LogP contribution is -2.46. The van der Waals surface area contributed by atoms with Crippen LogP contribution >= 0.6 is 0 Å². The summed E-state index contributed by atoms with van der Waals surface area (Å²) in [5, 5.41) is 10.9. The van der Waals surface area contributed by atoms with Gasteiger partial charge in [-0.15, -0.1) is 0 Å². The van der Waals surface area contributed by atoms with Gasteiger partial charge < -0.3 is 19.9 Å². The van der Waals surface area contributed by atoms with Crippen LogP contribution in [0.1, 0.15) is 37.9 Å². The van der Waals surface area contributed by atoms with Gasteiger partial charge in [-0.2, -0.15) is 8.78 Å². The number of rotatable bonds is 7. The largest absolute Gasteiger partial charge is 0.489 e. The summed E-state index contributed by atoms with van der Waals surface area (Å²) in [6.45, 7) is 4.98. The first kappa shape index (κ1) is 22.1. The zero-order chi connectivity index (χ0) is 21.7. The molecule has 1 atom stereocenters. The molecule has 0 bridgehead atoms. The van der Waals surface area contributed by atoms with E-state index in [9.17, 15) is 18.4 Å². The summed E-state index contributed by atoms with van der Waals surface area (Å²) in [4.78, 5) is 23.0. The van der Waals surface area contributed by atoms with Crippen molar-refractivity contribution in [1.29, 1.82) is 0 Å². The molecule has 0 radical (unpaired) electrons. The molecule has 0 spiro atoms. The number of halogens is 2. The van der Waals surface area contributed by atoms with Crippen LogP contribution in [0.5, 0.6) is 5.75 Å². The van der Waals surface area contributed by atoms with Crippen LogP contribution in [0.4, 0.5) is 13.6 Å². The Morgan fingerprint density at radius 3 is 2.14 bits per heavy atom. The van der Waals surface area contributed by atoms with Crippen LogP contribution in [0.25, 0.3) is 0 Å². The fourth-order valence-electron chi connectivity index (χ4n) is 2.43. The second-order valence-electron chi connectivity index (χ2n) is 7.35. The quantitative estimate of drug-likeness (QED) is 0.703. The highest BCUT2D eigenvalue weighted by molar-refractivity contribution is 5.78. The molecule has 2 aromatic rings. The summed E-state index contributed by atoms with van der Waals surface area (Å²) >= 11 is 0. The number of ether oxygens (including phenoxy) is 2. The lowest BCUT2D eigenvalue weighted by molar-refractivity contribution is -0.169. The van der Waals surface area contributed by atoms with E-state index in [-0.39, 0.29) is 12.2 Å². The van der Waals surface area contributed by atoms with Crippen LogP contribution in [-0.2, 0) is 16.1 Å². The van der Waals surface area contributed by atoms with Gasteiger partial charge >= 0.3 is 18.0 Å². The van der Waals surface area contributed by atoms with Crippen LogP contribution in [0.3, 0.4) is 0 Å². The Kier molecular flexibility index (Phi) is 6.79. The molecule has 6 nitrogen and oxygen atoms in total. The van der Waals surface area contributed by atoms with Crippen molar-refractivity contribution in [2.24, 2.45) is 0 Å². The standard InChI is InChI=1S/C21H23F2NO5/c1-20(2,3)29-19(27)24-17(21(22,23)18(25)26)15-9-11-16(12-10-15)28-13-14-7-5-4-6-8-14/h4-12,17H,13H2,1-3H3,(H,24,27)(H,25,26). The van der Waals surface area contributed by atoms with Crippen LogP contribution in [-0.4, -0.2) is 28.7 Å². The molecule has 0 saturated carbocycles. The molecule has 0 aliphatic rings. The van der Waals surface area contributed by atoms with Gasteiger partial charge in [0.15, 0.2) is 0 Å². The molecule has 0 aliphatic carbocycles. The van der Waals surface area contributed by atoms with E-state index in [1.54, 1.807) is 20.8 Å². The highest BCUT2D eigenvalue weighted by Crippen LogP contribution is 2.33. The Hall–Kier alpha value is -3.16. The molecule has 2 rings (SSSR count). The second-order valence-corrected chi connectivity index (χ2v) is 7.35. The Labute approximate surface area is 167 Å². The number of alkyl carbamates (subject to hydrolysis) is 1. The number of aliphatic carboxylic acids is 1. The van der Waals surface area contributed by atoms with E-state index in [4.69, 9.17) is 14.6 Å². The zero-order valence-electron chi connectivity index (χ0n) is 16.3. The zero-order valence-corrected chi connectivity index (χ0v) is 16.3. The number of nitrogens with one attached hydrogen (secondary N) is 1. The van der Waals surface area contributed by atoms with Gasteiger partial charge in [-0.25, -0.2) is 9.59 Å². The van der Waals surface area contributed by atoms with E-state index >= 15 is 0 Å². The normalized spacial score (nSPS) is 12.7. The maximum absolute atomic E-state index is 14.3. The van der Waals surface area contributed by atoms with Crippen molar-refractivity contribution in [1.82, 2.24) is 5.32 Å². The van der Waals surface area contributed by atoms with E-state index < -0.39 is 29.6 Å². The predicted octanol–water partition coefficient (Wildman–Crippen LogP) is 4.55. The number of carboxylic acids is 1. The van der Waals surface area contributed by atoms with Crippen molar-refractivity contribution in [2.45, 2.75) is 44.9 Å². The Morgan fingerprint density at radius 1 is 1.03 bits per heavy atom. The molecule has 0 aromatic heterocycles. The molecule has 0 aliphatic heterocycles. The average molecular weight is 407 g/mol. The Bertz CT molecular complexity index is 832. The van der Waals surface area contributed by atoms with Crippen molar-refractivity contribution < 1.29 is 33.0 Å². The van der Waals surface area contributed by atoms with Gasteiger partial charge in [0, 0.05) is 0 Å². The lowest BCUT2D eigenvalue weighted by Gasteiger charge is -2.27. The monoisotopic (exact) mass is 407 g/mol. The predicted molar refractivity (Wildman–Crippen MR) is 102 cm³/mol. The molecule has 29 heavy (non-hydrogen) atoms. The van der Waals surface area contributed by atoms with E-state index in [1.807, 2.05) is 35.6 Å². The number of benzene rings is 2. The third-order valence-corrected chi connectivity index (χ3v) is 3.77. The van der Waals surface area contributed by atoms with E-state index in [0.29, 0.717) is 5.75 Å². The maximum Gasteiger partial charge on any atom is 0.408 e. The summed E-state index contributed by atoms with van der Waals surface area (Å²) in [5.41, 5.74) is -0.101. The number of carboxylic acid groups (broad SMARTS) is 1. The number of carbonyl (C=O) groups excluding carboxylic acids is 1. The summed E-state index contributed by atoms with van der Waals surface area (Å²) in [6, 6.07) is 12.7. The summed E-state index contributed by atoms with van der Waals surface area (Å²) < 4.78 is 39.1. The molecule has 1 amide bonds.